The molecule has 0 saturated heterocycles. The SMILES string of the molecule is CC(C)(C)c1ccc(NC(O)c2cccnc2NCc2ccc(F)cc2)cc1. The van der Waals surface area contributed by atoms with Crippen molar-refractivity contribution < 1.29 is 9.50 Å². The van der Waals surface area contributed by atoms with E-state index in [9.17, 15) is 9.50 Å². The van der Waals surface area contributed by atoms with E-state index in [1.807, 2.05) is 18.2 Å². The van der Waals surface area contributed by atoms with Crippen LogP contribution in [0.5, 0.6) is 0 Å². The standard InChI is InChI=1S/C23H26FN3O/c1-23(2,3)17-8-12-19(13-9-17)27-22(28)20-5-4-14-25-21(20)26-15-16-6-10-18(24)11-7-16/h4-14,22,27-28H,15H2,1-3H3,(H,25,26). The van der Waals surface area contributed by atoms with Crippen LogP contribution in [-0.2, 0) is 12.0 Å². The topological polar surface area (TPSA) is 57.2 Å². The summed E-state index contributed by atoms with van der Waals surface area (Å²) in [7, 11) is 0. The Morgan fingerprint density at radius 2 is 1.68 bits per heavy atom. The van der Waals surface area contributed by atoms with Gasteiger partial charge in [-0.15, -0.1) is 0 Å². The van der Waals surface area contributed by atoms with E-state index in [4.69, 9.17) is 0 Å². The summed E-state index contributed by atoms with van der Waals surface area (Å²) in [5.74, 6) is 0.317. The van der Waals surface area contributed by atoms with Crippen LogP contribution in [-0.4, -0.2) is 10.1 Å². The molecular weight excluding hydrogens is 353 g/mol. The third-order valence-corrected chi connectivity index (χ3v) is 4.56. The molecule has 0 saturated carbocycles. The second-order valence-electron chi connectivity index (χ2n) is 7.80. The summed E-state index contributed by atoms with van der Waals surface area (Å²) in [5, 5.41) is 17.0. The fourth-order valence-electron chi connectivity index (χ4n) is 2.88. The first-order valence-electron chi connectivity index (χ1n) is 9.31. The summed E-state index contributed by atoms with van der Waals surface area (Å²) < 4.78 is 13.0. The van der Waals surface area contributed by atoms with E-state index in [0.29, 0.717) is 17.9 Å². The average molecular weight is 379 g/mol. The van der Waals surface area contributed by atoms with Gasteiger partial charge in [-0.25, -0.2) is 9.37 Å². The molecule has 0 aliphatic heterocycles. The number of benzene rings is 2. The summed E-state index contributed by atoms with van der Waals surface area (Å²) >= 11 is 0. The van der Waals surface area contributed by atoms with Crippen molar-refractivity contribution in [3.8, 4) is 0 Å². The summed E-state index contributed by atoms with van der Waals surface area (Å²) in [4.78, 5) is 4.34. The zero-order valence-electron chi connectivity index (χ0n) is 16.4. The quantitative estimate of drug-likeness (QED) is 0.513. The summed E-state index contributed by atoms with van der Waals surface area (Å²) in [6, 6.07) is 17.9. The minimum Gasteiger partial charge on any atom is -0.369 e. The van der Waals surface area contributed by atoms with Crippen molar-refractivity contribution in [2.75, 3.05) is 10.6 Å². The molecule has 0 bridgehead atoms. The molecule has 1 aromatic heterocycles. The molecule has 5 heteroatoms. The highest BCUT2D eigenvalue weighted by Crippen LogP contribution is 2.26. The van der Waals surface area contributed by atoms with Gasteiger partial charge in [0.15, 0.2) is 6.23 Å². The predicted molar refractivity (Wildman–Crippen MR) is 112 cm³/mol. The lowest BCUT2D eigenvalue weighted by Crippen LogP contribution is -2.14. The fourth-order valence-corrected chi connectivity index (χ4v) is 2.88. The van der Waals surface area contributed by atoms with E-state index in [2.05, 4.69) is 48.5 Å². The number of nitrogens with zero attached hydrogens (tertiary/aromatic N) is 1. The number of halogens is 1. The molecule has 28 heavy (non-hydrogen) atoms. The van der Waals surface area contributed by atoms with Crippen LogP contribution in [0, 0.1) is 5.82 Å². The Morgan fingerprint density at radius 3 is 2.32 bits per heavy atom. The maximum absolute atomic E-state index is 13.0. The van der Waals surface area contributed by atoms with E-state index < -0.39 is 6.23 Å². The Kier molecular flexibility index (Phi) is 5.95. The number of aromatic nitrogens is 1. The van der Waals surface area contributed by atoms with Crippen LogP contribution in [0.3, 0.4) is 0 Å². The Morgan fingerprint density at radius 1 is 1.00 bits per heavy atom. The molecule has 3 aromatic rings. The third kappa shape index (κ3) is 5.08. The van der Waals surface area contributed by atoms with Gasteiger partial charge in [0.2, 0.25) is 0 Å². The number of pyridine rings is 1. The highest BCUT2D eigenvalue weighted by Gasteiger charge is 2.15. The van der Waals surface area contributed by atoms with Crippen LogP contribution in [0.1, 0.15) is 43.7 Å². The molecule has 1 atom stereocenters. The molecule has 3 N–H and O–H groups in total. The number of aliphatic hydroxyl groups is 1. The average Bonchev–Trinajstić information content (AvgIpc) is 2.67. The molecule has 1 heterocycles. The monoisotopic (exact) mass is 379 g/mol. The normalized spacial score (nSPS) is 12.5. The predicted octanol–water partition coefficient (Wildman–Crippen LogP) is 5.23. The van der Waals surface area contributed by atoms with Crippen molar-refractivity contribution in [1.29, 1.82) is 0 Å². The summed E-state index contributed by atoms with van der Waals surface area (Å²) in [6.45, 7) is 6.98. The van der Waals surface area contributed by atoms with Crippen LogP contribution >= 0.6 is 0 Å². The summed E-state index contributed by atoms with van der Waals surface area (Å²) in [6.07, 6.45) is 0.756. The molecule has 0 radical (unpaired) electrons. The van der Waals surface area contributed by atoms with E-state index in [0.717, 1.165) is 11.3 Å². The second kappa shape index (κ2) is 8.40. The largest absolute Gasteiger partial charge is 0.369 e. The van der Waals surface area contributed by atoms with Crippen molar-refractivity contribution in [3.63, 3.8) is 0 Å². The second-order valence-corrected chi connectivity index (χ2v) is 7.80. The number of aliphatic hydroxyl groups excluding tert-OH is 1. The van der Waals surface area contributed by atoms with Gasteiger partial charge in [-0.3, -0.25) is 0 Å². The molecular formula is C23H26FN3O. The van der Waals surface area contributed by atoms with Crippen LogP contribution in [0.15, 0.2) is 66.9 Å². The maximum Gasteiger partial charge on any atom is 0.154 e. The smallest absolute Gasteiger partial charge is 0.154 e. The molecule has 0 amide bonds. The van der Waals surface area contributed by atoms with E-state index >= 15 is 0 Å². The zero-order chi connectivity index (χ0) is 20.1. The molecule has 3 rings (SSSR count). The van der Waals surface area contributed by atoms with Gasteiger partial charge in [0, 0.05) is 24.0 Å². The lowest BCUT2D eigenvalue weighted by Gasteiger charge is -2.21. The molecule has 0 aliphatic carbocycles. The first-order valence-corrected chi connectivity index (χ1v) is 9.31. The minimum atomic E-state index is -0.912. The van der Waals surface area contributed by atoms with E-state index in [1.165, 1.54) is 17.7 Å². The molecule has 0 spiro atoms. The lowest BCUT2D eigenvalue weighted by molar-refractivity contribution is 0.208. The van der Waals surface area contributed by atoms with Crippen molar-refractivity contribution in [3.05, 3.63) is 89.4 Å². The summed E-state index contributed by atoms with van der Waals surface area (Å²) in [5.41, 5.74) is 3.71. The van der Waals surface area contributed by atoms with Crippen LogP contribution in [0.2, 0.25) is 0 Å². The zero-order valence-corrected chi connectivity index (χ0v) is 16.4. The van der Waals surface area contributed by atoms with Gasteiger partial charge in [0.25, 0.3) is 0 Å². The van der Waals surface area contributed by atoms with Gasteiger partial charge in [0.05, 0.1) is 0 Å². The number of hydrogen-bond donors (Lipinski definition) is 3. The number of anilines is 2. The lowest BCUT2D eigenvalue weighted by atomic mass is 9.87. The Bertz CT molecular complexity index is 902. The van der Waals surface area contributed by atoms with Crippen LogP contribution < -0.4 is 10.6 Å². The van der Waals surface area contributed by atoms with Gasteiger partial charge in [-0.05, 0) is 52.9 Å². The number of nitrogens with one attached hydrogen (secondary N) is 2. The van der Waals surface area contributed by atoms with Crippen LogP contribution in [0.25, 0.3) is 0 Å². The maximum atomic E-state index is 13.0. The van der Waals surface area contributed by atoms with Crippen molar-refractivity contribution in [2.24, 2.45) is 0 Å². The molecule has 2 aromatic carbocycles. The molecule has 146 valence electrons. The Hall–Kier alpha value is -2.92. The molecule has 0 fully saturated rings. The number of rotatable bonds is 6. The first-order chi connectivity index (χ1) is 13.3. The molecule has 1 unspecified atom stereocenters. The van der Waals surface area contributed by atoms with Gasteiger partial charge < -0.3 is 15.7 Å². The minimum absolute atomic E-state index is 0.0813. The first kappa shape index (κ1) is 19.8. The Balaban J connectivity index is 1.70. The van der Waals surface area contributed by atoms with Gasteiger partial charge in [-0.2, -0.15) is 0 Å². The molecule has 0 aliphatic rings. The number of hydrogen-bond acceptors (Lipinski definition) is 4. The third-order valence-electron chi connectivity index (χ3n) is 4.56. The van der Waals surface area contributed by atoms with E-state index in [-0.39, 0.29) is 11.2 Å². The van der Waals surface area contributed by atoms with Gasteiger partial charge in [0.1, 0.15) is 11.6 Å². The highest BCUT2D eigenvalue weighted by atomic mass is 19.1. The van der Waals surface area contributed by atoms with Gasteiger partial charge in [-0.1, -0.05) is 45.0 Å². The molecule has 4 nitrogen and oxygen atoms in total. The van der Waals surface area contributed by atoms with E-state index in [1.54, 1.807) is 24.4 Å². The fraction of sp³-hybridized carbons (Fsp3) is 0.261. The van der Waals surface area contributed by atoms with Crippen LogP contribution in [0.4, 0.5) is 15.9 Å². The van der Waals surface area contributed by atoms with Crippen molar-refractivity contribution >= 4 is 11.5 Å². The van der Waals surface area contributed by atoms with Crippen molar-refractivity contribution in [1.82, 2.24) is 4.98 Å². The highest BCUT2D eigenvalue weighted by molar-refractivity contribution is 5.51. The van der Waals surface area contributed by atoms with Gasteiger partial charge >= 0.3 is 0 Å². The van der Waals surface area contributed by atoms with Crippen molar-refractivity contribution in [2.45, 2.75) is 39.0 Å². The Labute approximate surface area is 165 Å².